The van der Waals surface area contributed by atoms with E-state index in [1.165, 1.54) is 26.4 Å². The van der Waals surface area contributed by atoms with E-state index in [9.17, 15) is 24.5 Å². The van der Waals surface area contributed by atoms with Gasteiger partial charge in [0.1, 0.15) is 6.04 Å². The van der Waals surface area contributed by atoms with Crippen molar-refractivity contribution in [1.82, 2.24) is 5.32 Å². The van der Waals surface area contributed by atoms with E-state index in [0.717, 1.165) is 7.11 Å². The van der Waals surface area contributed by atoms with Gasteiger partial charge in [-0.05, 0) is 11.6 Å². The number of hydrogen-bond donors (Lipinski definition) is 1. The smallest absolute Gasteiger partial charge is 0.328 e. The number of nitro benzene ring substituents is 1. The summed E-state index contributed by atoms with van der Waals surface area (Å²) in [5.74, 6) is -1.74. The quantitative estimate of drug-likeness (QED) is 0.383. The maximum Gasteiger partial charge on any atom is 0.328 e. The van der Waals surface area contributed by atoms with Crippen LogP contribution in [0.4, 0.5) is 5.69 Å². The van der Waals surface area contributed by atoms with Gasteiger partial charge < -0.3 is 19.5 Å². The fourth-order valence-electron chi connectivity index (χ4n) is 2.16. The Balaban J connectivity index is 2.89. The number of nitro groups is 1. The molecule has 0 saturated heterocycles. The van der Waals surface area contributed by atoms with Crippen molar-refractivity contribution in [2.75, 3.05) is 21.3 Å². The Labute approximate surface area is 149 Å². The van der Waals surface area contributed by atoms with Gasteiger partial charge in [0.15, 0.2) is 5.75 Å². The lowest BCUT2D eigenvalue weighted by atomic mass is 10.0. The van der Waals surface area contributed by atoms with Gasteiger partial charge in [0.25, 0.3) is 0 Å². The van der Waals surface area contributed by atoms with Crippen LogP contribution in [0.1, 0.15) is 18.4 Å². The lowest BCUT2D eigenvalue weighted by Crippen LogP contribution is -2.43. The first-order valence-corrected chi connectivity index (χ1v) is 7.57. The van der Waals surface area contributed by atoms with Crippen molar-refractivity contribution in [3.05, 3.63) is 33.9 Å². The van der Waals surface area contributed by atoms with Gasteiger partial charge in [0.05, 0.1) is 32.7 Å². The van der Waals surface area contributed by atoms with Crippen LogP contribution in [0.25, 0.3) is 0 Å². The standard InChI is InChI=1S/C16H20N2O8/c1-24-13-5-4-10(9-12(13)18(22)23)8-11(16(21)26-3)17-14(19)6-7-15(20)25-2/h4-5,9,11H,6-8H2,1-3H3,(H,17,19)/t11-/m1/s1. The third-order valence-electron chi connectivity index (χ3n) is 3.48. The summed E-state index contributed by atoms with van der Waals surface area (Å²) < 4.78 is 14.0. The molecule has 1 amide bonds. The van der Waals surface area contributed by atoms with Crippen molar-refractivity contribution in [2.24, 2.45) is 0 Å². The summed E-state index contributed by atoms with van der Waals surface area (Å²) in [5.41, 5.74) is 0.173. The fraction of sp³-hybridized carbons (Fsp3) is 0.438. The van der Waals surface area contributed by atoms with Crippen molar-refractivity contribution in [3.8, 4) is 5.75 Å². The monoisotopic (exact) mass is 368 g/mol. The van der Waals surface area contributed by atoms with Crippen LogP contribution in [-0.2, 0) is 30.3 Å². The number of ether oxygens (including phenoxy) is 3. The zero-order valence-electron chi connectivity index (χ0n) is 14.6. The van der Waals surface area contributed by atoms with Crippen molar-refractivity contribution < 1.29 is 33.5 Å². The largest absolute Gasteiger partial charge is 0.490 e. The van der Waals surface area contributed by atoms with Crippen LogP contribution in [0.2, 0.25) is 0 Å². The maximum atomic E-state index is 11.9. The van der Waals surface area contributed by atoms with Gasteiger partial charge in [0.2, 0.25) is 5.91 Å². The molecule has 1 aromatic rings. The Morgan fingerprint density at radius 2 is 1.85 bits per heavy atom. The molecular weight excluding hydrogens is 348 g/mol. The summed E-state index contributed by atoms with van der Waals surface area (Å²) in [7, 11) is 3.67. The highest BCUT2D eigenvalue weighted by molar-refractivity contribution is 5.86. The third kappa shape index (κ3) is 6.04. The normalized spacial score (nSPS) is 11.2. The second kappa shape index (κ2) is 9.97. The number of carbonyl (C=O) groups excluding carboxylic acids is 3. The van der Waals surface area contributed by atoms with Crippen molar-refractivity contribution >= 4 is 23.5 Å². The minimum Gasteiger partial charge on any atom is -0.490 e. The molecule has 1 N–H and O–H groups in total. The number of nitrogens with zero attached hydrogens (tertiary/aromatic N) is 1. The van der Waals surface area contributed by atoms with Gasteiger partial charge in [0, 0.05) is 18.9 Å². The van der Waals surface area contributed by atoms with Crippen molar-refractivity contribution in [3.63, 3.8) is 0 Å². The van der Waals surface area contributed by atoms with Crippen LogP contribution < -0.4 is 10.1 Å². The number of esters is 2. The molecular formula is C16H20N2O8. The van der Waals surface area contributed by atoms with E-state index >= 15 is 0 Å². The Hall–Kier alpha value is -3.17. The molecule has 0 aliphatic heterocycles. The van der Waals surface area contributed by atoms with Crippen LogP contribution in [0.3, 0.4) is 0 Å². The highest BCUT2D eigenvalue weighted by Crippen LogP contribution is 2.28. The van der Waals surface area contributed by atoms with E-state index in [-0.39, 0.29) is 30.7 Å². The highest BCUT2D eigenvalue weighted by Gasteiger charge is 2.24. The highest BCUT2D eigenvalue weighted by atomic mass is 16.6. The molecule has 10 heteroatoms. The number of rotatable bonds is 9. The van der Waals surface area contributed by atoms with Gasteiger partial charge in [-0.25, -0.2) is 4.79 Å². The molecule has 0 spiro atoms. The van der Waals surface area contributed by atoms with Gasteiger partial charge in [-0.2, -0.15) is 0 Å². The Kier molecular flexibility index (Phi) is 8.00. The Morgan fingerprint density at radius 3 is 2.38 bits per heavy atom. The molecule has 0 aromatic heterocycles. The maximum absolute atomic E-state index is 11.9. The predicted molar refractivity (Wildman–Crippen MR) is 88.5 cm³/mol. The number of methoxy groups -OCH3 is 3. The molecule has 0 bridgehead atoms. The molecule has 26 heavy (non-hydrogen) atoms. The summed E-state index contributed by atoms with van der Waals surface area (Å²) in [4.78, 5) is 45.4. The third-order valence-corrected chi connectivity index (χ3v) is 3.48. The lowest BCUT2D eigenvalue weighted by molar-refractivity contribution is -0.385. The molecule has 0 heterocycles. The van der Waals surface area contributed by atoms with E-state index in [0.29, 0.717) is 5.56 Å². The molecule has 0 radical (unpaired) electrons. The number of benzene rings is 1. The first-order chi connectivity index (χ1) is 12.3. The minimum absolute atomic E-state index is 0.0263. The Morgan fingerprint density at radius 1 is 1.15 bits per heavy atom. The summed E-state index contributed by atoms with van der Waals surface area (Å²) in [6.45, 7) is 0. The van der Waals surface area contributed by atoms with Crippen LogP contribution >= 0.6 is 0 Å². The molecule has 0 aliphatic rings. The number of nitrogens with one attached hydrogen (secondary N) is 1. The second-order valence-electron chi connectivity index (χ2n) is 5.19. The Bertz CT molecular complexity index is 689. The number of carbonyl (C=O) groups is 3. The molecule has 10 nitrogen and oxygen atoms in total. The zero-order chi connectivity index (χ0) is 19.7. The molecule has 142 valence electrons. The van der Waals surface area contributed by atoms with Crippen LogP contribution in [-0.4, -0.2) is 50.1 Å². The molecule has 0 unspecified atom stereocenters. The summed E-state index contributed by atoms with van der Waals surface area (Å²) >= 11 is 0. The van der Waals surface area contributed by atoms with E-state index in [4.69, 9.17) is 4.74 Å². The van der Waals surface area contributed by atoms with E-state index in [1.54, 1.807) is 6.07 Å². The summed E-state index contributed by atoms with van der Waals surface area (Å²) in [6, 6.07) is 3.15. The molecule has 1 rings (SSSR count). The molecule has 0 fully saturated rings. The zero-order valence-corrected chi connectivity index (χ0v) is 14.6. The van der Waals surface area contributed by atoms with Crippen LogP contribution in [0.15, 0.2) is 18.2 Å². The molecule has 0 saturated carbocycles. The topological polar surface area (TPSA) is 134 Å². The van der Waals surface area contributed by atoms with Crippen LogP contribution in [0.5, 0.6) is 5.75 Å². The average molecular weight is 368 g/mol. The van der Waals surface area contributed by atoms with Gasteiger partial charge in [-0.3, -0.25) is 19.7 Å². The van der Waals surface area contributed by atoms with Gasteiger partial charge in [-0.15, -0.1) is 0 Å². The fourth-order valence-corrected chi connectivity index (χ4v) is 2.16. The van der Waals surface area contributed by atoms with Crippen molar-refractivity contribution in [2.45, 2.75) is 25.3 Å². The predicted octanol–water partition coefficient (Wildman–Crippen LogP) is 0.757. The minimum atomic E-state index is -1.06. The SMILES string of the molecule is COC(=O)CCC(=O)N[C@H](Cc1ccc(OC)c([N+](=O)[O-])c1)C(=O)OC. The van der Waals surface area contributed by atoms with Gasteiger partial charge >= 0.3 is 17.6 Å². The van der Waals surface area contributed by atoms with E-state index in [2.05, 4.69) is 14.8 Å². The van der Waals surface area contributed by atoms with E-state index < -0.39 is 28.8 Å². The first kappa shape index (κ1) is 20.9. The summed E-state index contributed by atoms with van der Waals surface area (Å²) in [6.07, 6.45) is -0.325. The van der Waals surface area contributed by atoms with Crippen molar-refractivity contribution in [1.29, 1.82) is 0 Å². The van der Waals surface area contributed by atoms with E-state index in [1.807, 2.05) is 0 Å². The molecule has 1 atom stereocenters. The first-order valence-electron chi connectivity index (χ1n) is 7.57. The molecule has 1 aromatic carbocycles. The number of hydrogen-bond acceptors (Lipinski definition) is 8. The average Bonchev–Trinajstić information content (AvgIpc) is 2.64. The summed E-state index contributed by atoms with van der Waals surface area (Å²) in [5, 5.41) is 13.5. The molecule has 0 aliphatic carbocycles. The number of amides is 1. The second-order valence-corrected chi connectivity index (χ2v) is 5.19. The lowest BCUT2D eigenvalue weighted by Gasteiger charge is -2.16. The van der Waals surface area contributed by atoms with Gasteiger partial charge in [-0.1, -0.05) is 6.07 Å². The van der Waals surface area contributed by atoms with Crippen LogP contribution in [0, 0.1) is 10.1 Å².